The van der Waals surface area contributed by atoms with Crippen molar-refractivity contribution < 1.29 is 22.8 Å². The molecule has 0 spiro atoms. The molecule has 2 amide bonds. The largest absolute Gasteiger partial charge is 0.354 e. The highest BCUT2D eigenvalue weighted by Crippen LogP contribution is 2.38. The van der Waals surface area contributed by atoms with Crippen molar-refractivity contribution in [2.24, 2.45) is 0 Å². The lowest BCUT2D eigenvalue weighted by Crippen LogP contribution is -2.42. The normalized spacial score (nSPS) is 17.2. The lowest BCUT2D eigenvalue weighted by molar-refractivity contribution is -0.128. The maximum atomic E-state index is 14.5. The molecule has 5 nitrogen and oxygen atoms in total. The standard InChI is InChI=1S/C22H20F3N3O2/c1-2-14(21(29)27-17-7-8-26-22(17)30)18-15-9-13(24)10-16(25)20(15)28-19(18)11-3-5-12(23)6-4-11/h3-6,9-10,14,17,28H,2,7-8H2,1H3,(H,26,30)(H,27,29)/t14?,17-/m0/s1. The third kappa shape index (κ3) is 3.53. The molecule has 156 valence electrons. The first-order valence-corrected chi connectivity index (χ1v) is 9.73. The van der Waals surface area contributed by atoms with Crippen molar-refractivity contribution in [2.75, 3.05) is 6.54 Å². The fraction of sp³-hybridized carbons (Fsp3) is 0.273. The van der Waals surface area contributed by atoms with Crippen LogP contribution in [0.25, 0.3) is 22.2 Å². The highest BCUT2D eigenvalue weighted by atomic mass is 19.1. The Morgan fingerprint density at radius 2 is 1.90 bits per heavy atom. The molecule has 8 heteroatoms. The van der Waals surface area contributed by atoms with Gasteiger partial charge in [0, 0.05) is 18.0 Å². The predicted molar refractivity (Wildman–Crippen MR) is 106 cm³/mol. The molecule has 0 radical (unpaired) electrons. The van der Waals surface area contributed by atoms with Crippen LogP contribution in [0.2, 0.25) is 0 Å². The molecule has 3 N–H and O–H groups in total. The summed E-state index contributed by atoms with van der Waals surface area (Å²) in [5.74, 6) is -3.43. The first-order chi connectivity index (χ1) is 14.4. The first-order valence-electron chi connectivity index (χ1n) is 9.73. The SMILES string of the molecule is CCC(C(=O)N[C@H]1CCNC1=O)c1c(-c2ccc(F)cc2)[nH]c2c(F)cc(F)cc12. The number of rotatable bonds is 5. The second-order valence-electron chi connectivity index (χ2n) is 7.33. The summed E-state index contributed by atoms with van der Waals surface area (Å²) in [4.78, 5) is 27.9. The maximum absolute atomic E-state index is 14.5. The molecule has 1 aromatic heterocycles. The van der Waals surface area contributed by atoms with Gasteiger partial charge in [0.25, 0.3) is 0 Å². The molecule has 0 aliphatic carbocycles. The van der Waals surface area contributed by atoms with Gasteiger partial charge in [-0.15, -0.1) is 0 Å². The minimum absolute atomic E-state index is 0.0654. The molecule has 0 saturated carbocycles. The molecule has 2 atom stereocenters. The van der Waals surface area contributed by atoms with Crippen LogP contribution in [0.1, 0.15) is 31.2 Å². The Hall–Kier alpha value is -3.29. The van der Waals surface area contributed by atoms with Crippen molar-refractivity contribution in [2.45, 2.75) is 31.7 Å². The summed E-state index contributed by atoms with van der Waals surface area (Å²) in [5, 5.41) is 5.64. The number of carbonyl (C=O) groups is 2. The van der Waals surface area contributed by atoms with E-state index in [4.69, 9.17) is 0 Å². The Labute approximate surface area is 170 Å². The number of amides is 2. The summed E-state index contributed by atoms with van der Waals surface area (Å²) in [6.07, 6.45) is 0.808. The van der Waals surface area contributed by atoms with Gasteiger partial charge >= 0.3 is 0 Å². The Morgan fingerprint density at radius 3 is 2.53 bits per heavy atom. The van der Waals surface area contributed by atoms with Crippen molar-refractivity contribution in [3.63, 3.8) is 0 Å². The van der Waals surface area contributed by atoms with Crippen LogP contribution in [0.3, 0.4) is 0 Å². The summed E-state index contributed by atoms with van der Waals surface area (Å²) in [6, 6.07) is 6.83. The van der Waals surface area contributed by atoms with E-state index >= 15 is 0 Å². The van der Waals surface area contributed by atoms with Crippen LogP contribution in [-0.2, 0) is 9.59 Å². The van der Waals surface area contributed by atoms with E-state index in [1.54, 1.807) is 6.92 Å². The van der Waals surface area contributed by atoms with Crippen molar-refractivity contribution in [1.82, 2.24) is 15.6 Å². The Morgan fingerprint density at radius 1 is 1.17 bits per heavy atom. The number of halogens is 3. The Balaban J connectivity index is 1.85. The summed E-state index contributed by atoms with van der Waals surface area (Å²) >= 11 is 0. The lowest BCUT2D eigenvalue weighted by atomic mass is 9.90. The smallest absolute Gasteiger partial charge is 0.242 e. The third-order valence-electron chi connectivity index (χ3n) is 5.44. The predicted octanol–water partition coefficient (Wildman–Crippen LogP) is 3.75. The second-order valence-corrected chi connectivity index (χ2v) is 7.33. The Bertz CT molecular complexity index is 1120. The van der Waals surface area contributed by atoms with E-state index in [-0.39, 0.29) is 16.8 Å². The zero-order valence-corrected chi connectivity index (χ0v) is 16.2. The van der Waals surface area contributed by atoms with E-state index in [0.29, 0.717) is 36.2 Å². The summed E-state index contributed by atoms with van der Waals surface area (Å²) in [7, 11) is 0. The third-order valence-corrected chi connectivity index (χ3v) is 5.44. The van der Waals surface area contributed by atoms with Crippen molar-refractivity contribution in [1.29, 1.82) is 0 Å². The molecule has 0 bridgehead atoms. The summed E-state index contributed by atoms with van der Waals surface area (Å²) < 4.78 is 41.9. The van der Waals surface area contributed by atoms with E-state index in [0.717, 1.165) is 6.07 Å². The first kappa shape index (κ1) is 20.0. The fourth-order valence-electron chi connectivity index (χ4n) is 3.97. The number of hydrogen-bond donors (Lipinski definition) is 3. The molecule has 2 heterocycles. The average Bonchev–Trinajstić information content (AvgIpc) is 3.27. The van der Waals surface area contributed by atoms with Gasteiger partial charge in [-0.25, -0.2) is 13.2 Å². The zero-order valence-electron chi connectivity index (χ0n) is 16.2. The van der Waals surface area contributed by atoms with Crippen LogP contribution < -0.4 is 10.6 Å². The Kier molecular flexibility index (Phi) is 5.24. The number of carbonyl (C=O) groups excluding carboxylic acids is 2. The topological polar surface area (TPSA) is 74.0 Å². The molecule has 1 saturated heterocycles. The molecular formula is C22H20F3N3O2. The number of aromatic nitrogens is 1. The quantitative estimate of drug-likeness (QED) is 0.594. The molecule has 2 aromatic carbocycles. The van der Waals surface area contributed by atoms with E-state index in [1.165, 1.54) is 30.3 Å². The van der Waals surface area contributed by atoms with Crippen molar-refractivity contribution in [3.8, 4) is 11.3 Å². The fourth-order valence-corrected chi connectivity index (χ4v) is 3.97. The van der Waals surface area contributed by atoms with E-state index in [1.807, 2.05) is 0 Å². The van der Waals surface area contributed by atoms with Crippen LogP contribution in [0.15, 0.2) is 36.4 Å². The van der Waals surface area contributed by atoms with Crippen LogP contribution in [0.4, 0.5) is 13.2 Å². The zero-order chi connectivity index (χ0) is 21.4. The van der Waals surface area contributed by atoms with Gasteiger partial charge in [-0.2, -0.15) is 0 Å². The monoisotopic (exact) mass is 415 g/mol. The summed E-state index contributed by atoms with van der Waals surface area (Å²) in [6.45, 7) is 2.26. The van der Waals surface area contributed by atoms with Crippen LogP contribution in [0.5, 0.6) is 0 Å². The molecule has 4 rings (SSSR count). The van der Waals surface area contributed by atoms with Gasteiger partial charge in [-0.1, -0.05) is 6.92 Å². The molecule has 1 aliphatic heterocycles. The molecule has 30 heavy (non-hydrogen) atoms. The van der Waals surface area contributed by atoms with Gasteiger partial charge in [0.2, 0.25) is 11.8 Å². The number of hydrogen-bond acceptors (Lipinski definition) is 2. The van der Waals surface area contributed by atoms with E-state index < -0.39 is 35.3 Å². The molecule has 1 unspecified atom stereocenters. The second kappa shape index (κ2) is 7.85. The number of benzene rings is 2. The van der Waals surface area contributed by atoms with Gasteiger partial charge < -0.3 is 15.6 Å². The van der Waals surface area contributed by atoms with Crippen molar-refractivity contribution >= 4 is 22.7 Å². The maximum Gasteiger partial charge on any atom is 0.242 e. The minimum atomic E-state index is -0.787. The molecule has 1 fully saturated rings. The van der Waals surface area contributed by atoms with Crippen LogP contribution in [-0.4, -0.2) is 29.4 Å². The average molecular weight is 415 g/mol. The van der Waals surface area contributed by atoms with Crippen LogP contribution in [0, 0.1) is 17.5 Å². The highest BCUT2D eigenvalue weighted by molar-refractivity contribution is 5.99. The van der Waals surface area contributed by atoms with Gasteiger partial charge in [0.1, 0.15) is 23.5 Å². The van der Waals surface area contributed by atoms with E-state index in [2.05, 4.69) is 15.6 Å². The van der Waals surface area contributed by atoms with Crippen LogP contribution >= 0.6 is 0 Å². The van der Waals surface area contributed by atoms with Gasteiger partial charge in [0.15, 0.2) is 0 Å². The van der Waals surface area contributed by atoms with Crippen molar-refractivity contribution in [3.05, 3.63) is 59.4 Å². The highest BCUT2D eigenvalue weighted by Gasteiger charge is 2.32. The van der Waals surface area contributed by atoms with Gasteiger partial charge in [-0.3, -0.25) is 9.59 Å². The molecule has 3 aromatic rings. The van der Waals surface area contributed by atoms with Gasteiger partial charge in [0.05, 0.1) is 17.1 Å². The number of fused-ring (bicyclic) bond motifs is 1. The van der Waals surface area contributed by atoms with E-state index in [9.17, 15) is 22.8 Å². The molecule has 1 aliphatic rings. The number of nitrogens with one attached hydrogen (secondary N) is 3. The molecular weight excluding hydrogens is 395 g/mol. The van der Waals surface area contributed by atoms with Gasteiger partial charge in [-0.05, 0) is 54.3 Å². The number of H-pyrrole nitrogens is 1. The lowest BCUT2D eigenvalue weighted by Gasteiger charge is -2.19. The summed E-state index contributed by atoms with van der Waals surface area (Å²) in [5.41, 5.74) is 1.42. The number of aromatic amines is 1. The minimum Gasteiger partial charge on any atom is -0.354 e.